The molecule has 0 aromatic rings. The van der Waals surface area contributed by atoms with Gasteiger partial charge in [-0.25, -0.2) is 0 Å². The molecule has 3 atom stereocenters. The van der Waals surface area contributed by atoms with Crippen LogP contribution >= 0.6 is 0 Å². The molecule has 0 aliphatic heterocycles. The molecule has 3 fully saturated rings. The van der Waals surface area contributed by atoms with Crippen LogP contribution in [0.5, 0.6) is 0 Å². The molecule has 0 heterocycles. The summed E-state index contributed by atoms with van der Waals surface area (Å²) in [5.41, 5.74) is 0.533. The molecular weight excluding hydrogens is 198 g/mol. The van der Waals surface area contributed by atoms with Crippen LogP contribution in [0.25, 0.3) is 0 Å². The number of hydrogen-bond acceptors (Lipinski definition) is 1. The number of carbonyl (C=O) groups excluding carboxylic acids is 1. The lowest BCUT2D eigenvalue weighted by Gasteiger charge is -2.60. The lowest BCUT2D eigenvalue weighted by Crippen LogP contribution is -2.54. The van der Waals surface area contributed by atoms with E-state index in [-0.39, 0.29) is 11.8 Å². The molecule has 3 rings (SSSR count). The van der Waals surface area contributed by atoms with Crippen LogP contribution in [0.1, 0.15) is 47.0 Å². The van der Waals surface area contributed by atoms with Crippen molar-refractivity contribution in [2.24, 2.45) is 29.1 Å². The number of fused-ring (bicyclic) bond motifs is 2. The highest BCUT2D eigenvalue weighted by Crippen LogP contribution is 2.61. The van der Waals surface area contributed by atoms with E-state index in [2.05, 4.69) is 19.2 Å². The number of amides is 1. The van der Waals surface area contributed by atoms with Gasteiger partial charge in [-0.05, 0) is 42.4 Å². The minimum atomic E-state index is 0.116. The molecule has 16 heavy (non-hydrogen) atoms. The Kier molecular flexibility index (Phi) is 3.02. The largest absolute Gasteiger partial charge is 0.356 e. The van der Waals surface area contributed by atoms with Gasteiger partial charge in [-0.15, -0.1) is 0 Å². The van der Waals surface area contributed by atoms with Crippen LogP contribution in [-0.4, -0.2) is 12.5 Å². The van der Waals surface area contributed by atoms with Crippen LogP contribution in [0.15, 0.2) is 0 Å². The van der Waals surface area contributed by atoms with Crippen molar-refractivity contribution in [1.29, 1.82) is 0 Å². The monoisotopic (exact) mass is 223 g/mol. The Labute approximate surface area is 99.2 Å². The first kappa shape index (κ1) is 11.9. The summed E-state index contributed by atoms with van der Waals surface area (Å²) in [5, 5.41) is 3.11. The summed E-state index contributed by atoms with van der Waals surface area (Å²) in [6, 6.07) is 0. The fourth-order valence-corrected chi connectivity index (χ4v) is 3.64. The second kappa shape index (κ2) is 4.05. The SMILES string of the molecule is CC(C)C(=O)NCC1CCC2CC1C2(C)C. The van der Waals surface area contributed by atoms with Gasteiger partial charge in [-0.1, -0.05) is 27.7 Å². The summed E-state index contributed by atoms with van der Waals surface area (Å²) in [6.45, 7) is 9.63. The molecule has 1 amide bonds. The van der Waals surface area contributed by atoms with Gasteiger partial charge in [0.1, 0.15) is 0 Å². The normalized spacial score (nSPS) is 35.7. The van der Waals surface area contributed by atoms with E-state index in [1.807, 2.05) is 13.8 Å². The Morgan fingerprint density at radius 3 is 2.56 bits per heavy atom. The van der Waals surface area contributed by atoms with Crippen molar-refractivity contribution in [2.45, 2.75) is 47.0 Å². The predicted octanol–water partition coefficient (Wildman–Crippen LogP) is 2.83. The molecule has 0 aromatic carbocycles. The summed E-state index contributed by atoms with van der Waals surface area (Å²) in [7, 11) is 0. The molecular formula is C14H25NO. The molecule has 3 aliphatic carbocycles. The first-order chi connectivity index (χ1) is 7.43. The van der Waals surface area contributed by atoms with E-state index in [1.165, 1.54) is 19.3 Å². The fraction of sp³-hybridized carbons (Fsp3) is 0.929. The van der Waals surface area contributed by atoms with Gasteiger partial charge in [0.05, 0.1) is 0 Å². The van der Waals surface area contributed by atoms with Gasteiger partial charge >= 0.3 is 0 Å². The van der Waals surface area contributed by atoms with Crippen LogP contribution in [0, 0.1) is 29.1 Å². The van der Waals surface area contributed by atoms with E-state index >= 15 is 0 Å². The van der Waals surface area contributed by atoms with Crippen molar-refractivity contribution in [3.63, 3.8) is 0 Å². The molecule has 0 aromatic heterocycles. The summed E-state index contributed by atoms with van der Waals surface area (Å²) < 4.78 is 0. The maximum atomic E-state index is 11.6. The number of carbonyl (C=O) groups is 1. The minimum absolute atomic E-state index is 0.116. The molecule has 0 radical (unpaired) electrons. The predicted molar refractivity (Wildman–Crippen MR) is 65.9 cm³/mol. The van der Waals surface area contributed by atoms with Crippen molar-refractivity contribution in [1.82, 2.24) is 5.32 Å². The fourth-order valence-electron chi connectivity index (χ4n) is 3.64. The third-order valence-electron chi connectivity index (χ3n) is 5.06. The molecule has 2 bridgehead atoms. The summed E-state index contributed by atoms with van der Waals surface area (Å²) in [6.07, 6.45) is 4.08. The van der Waals surface area contributed by atoms with Crippen LogP contribution in [0.4, 0.5) is 0 Å². The Morgan fingerprint density at radius 2 is 2.06 bits per heavy atom. The lowest BCUT2D eigenvalue weighted by molar-refractivity contribution is -0.127. The van der Waals surface area contributed by atoms with E-state index in [0.717, 1.165) is 24.3 Å². The zero-order chi connectivity index (χ0) is 11.9. The number of rotatable bonds is 3. The maximum Gasteiger partial charge on any atom is 0.222 e. The van der Waals surface area contributed by atoms with E-state index < -0.39 is 0 Å². The zero-order valence-electron chi connectivity index (χ0n) is 11.0. The quantitative estimate of drug-likeness (QED) is 0.783. The summed E-state index contributed by atoms with van der Waals surface area (Å²) in [4.78, 5) is 11.6. The molecule has 2 nitrogen and oxygen atoms in total. The number of hydrogen-bond donors (Lipinski definition) is 1. The van der Waals surface area contributed by atoms with Crippen molar-refractivity contribution < 1.29 is 4.79 Å². The summed E-state index contributed by atoms with van der Waals surface area (Å²) in [5.74, 6) is 2.85. The van der Waals surface area contributed by atoms with Crippen molar-refractivity contribution in [2.75, 3.05) is 6.54 Å². The molecule has 3 unspecified atom stereocenters. The van der Waals surface area contributed by atoms with Gasteiger partial charge in [-0.3, -0.25) is 4.79 Å². The Hall–Kier alpha value is -0.530. The van der Waals surface area contributed by atoms with Crippen molar-refractivity contribution >= 4 is 5.91 Å². The first-order valence-corrected chi connectivity index (χ1v) is 6.70. The highest BCUT2D eigenvalue weighted by atomic mass is 16.1. The van der Waals surface area contributed by atoms with Crippen LogP contribution in [-0.2, 0) is 4.79 Å². The molecule has 0 saturated heterocycles. The molecule has 2 heteroatoms. The van der Waals surface area contributed by atoms with E-state index in [4.69, 9.17) is 0 Å². The smallest absolute Gasteiger partial charge is 0.222 e. The standard InChI is InChI=1S/C14H25NO/c1-9(2)13(16)15-8-10-5-6-11-7-12(10)14(11,3)4/h9-12H,5-8H2,1-4H3,(H,15,16). The van der Waals surface area contributed by atoms with Gasteiger partial charge in [0.25, 0.3) is 0 Å². The second-order valence-corrected chi connectivity index (χ2v) is 6.60. The topological polar surface area (TPSA) is 29.1 Å². The van der Waals surface area contributed by atoms with E-state index in [9.17, 15) is 4.79 Å². The van der Waals surface area contributed by atoms with Crippen LogP contribution in [0.3, 0.4) is 0 Å². The number of nitrogens with one attached hydrogen (secondary N) is 1. The molecule has 3 aliphatic rings. The van der Waals surface area contributed by atoms with Crippen molar-refractivity contribution in [3.8, 4) is 0 Å². The van der Waals surface area contributed by atoms with E-state index in [0.29, 0.717) is 5.41 Å². The van der Waals surface area contributed by atoms with Gasteiger partial charge in [0, 0.05) is 12.5 Å². The average molecular weight is 223 g/mol. The average Bonchev–Trinajstić information content (AvgIpc) is 2.25. The van der Waals surface area contributed by atoms with Crippen molar-refractivity contribution in [3.05, 3.63) is 0 Å². The van der Waals surface area contributed by atoms with Crippen LogP contribution in [0.2, 0.25) is 0 Å². The Bertz CT molecular complexity index is 280. The minimum Gasteiger partial charge on any atom is -0.356 e. The van der Waals surface area contributed by atoms with Gasteiger partial charge in [-0.2, -0.15) is 0 Å². The third kappa shape index (κ3) is 1.87. The van der Waals surface area contributed by atoms with Crippen LogP contribution < -0.4 is 5.32 Å². The molecule has 1 N–H and O–H groups in total. The lowest BCUT2D eigenvalue weighted by atomic mass is 9.45. The molecule has 3 saturated carbocycles. The highest BCUT2D eigenvalue weighted by Gasteiger charge is 2.53. The second-order valence-electron chi connectivity index (χ2n) is 6.60. The zero-order valence-corrected chi connectivity index (χ0v) is 11.0. The third-order valence-corrected chi connectivity index (χ3v) is 5.06. The Balaban J connectivity index is 1.85. The first-order valence-electron chi connectivity index (χ1n) is 6.70. The van der Waals surface area contributed by atoms with Gasteiger partial charge in [0.2, 0.25) is 5.91 Å². The van der Waals surface area contributed by atoms with E-state index in [1.54, 1.807) is 0 Å². The Morgan fingerprint density at radius 1 is 1.38 bits per heavy atom. The molecule has 92 valence electrons. The highest BCUT2D eigenvalue weighted by molar-refractivity contribution is 5.77. The maximum absolute atomic E-state index is 11.6. The molecule has 0 spiro atoms. The van der Waals surface area contributed by atoms with Gasteiger partial charge in [0.15, 0.2) is 0 Å². The van der Waals surface area contributed by atoms with Gasteiger partial charge < -0.3 is 5.32 Å². The summed E-state index contributed by atoms with van der Waals surface area (Å²) >= 11 is 0.